The SMILES string of the molecule is Cc1ccn(CCc2nn(C3CCCCO3)c3ncccc23)c(=O)c1Oc1cc(Cl)cc(C#N)c1. The molecule has 0 N–H and O–H groups in total. The van der Waals surface area contributed by atoms with Crippen molar-refractivity contribution in [2.75, 3.05) is 6.61 Å². The summed E-state index contributed by atoms with van der Waals surface area (Å²) in [5, 5.41) is 15.4. The minimum atomic E-state index is -0.263. The van der Waals surface area contributed by atoms with Crippen molar-refractivity contribution in [1.82, 2.24) is 19.3 Å². The minimum absolute atomic E-state index is 0.118. The molecule has 1 saturated heterocycles. The fourth-order valence-corrected chi connectivity index (χ4v) is 4.54. The third kappa shape index (κ3) is 4.78. The van der Waals surface area contributed by atoms with Crippen molar-refractivity contribution in [2.24, 2.45) is 0 Å². The summed E-state index contributed by atoms with van der Waals surface area (Å²) < 4.78 is 15.3. The zero-order chi connectivity index (χ0) is 24.4. The maximum absolute atomic E-state index is 13.3. The molecule has 3 aromatic heterocycles. The number of hydrogen-bond acceptors (Lipinski definition) is 6. The number of pyridine rings is 2. The molecule has 1 atom stereocenters. The normalized spacial score (nSPS) is 15.7. The van der Waals surface area contributed by atoms with Gasteiger partial charge in [0.2, 0.25) is 0 Å². The van der Waals surface area contributed by atoms with Crippen molar-refractivity contribution in [1.29, 1.82) is 5.26 Å². The molecular formula is C26H24ClN5O3. The molecule has 0 radical (unpaired) electrons. The Hall–Kier alpha value is -3.67. The predicted octanol–water partition coefficient (Wildman–Crippen LogP) is 5.16. The lowest BCUT2D eigenvalue weighted by Crippen LogP contribution is -2.23. The van der Waals surface area contributed by atoms with Gasteiger partial charge in [-0.2, -0.15) is 10.4 Å². The quantitative estimate of drug-likeness (QED) is 0.371. The van der Waals surface area contributed by atoms with Crippen LogP contribution in [-0.2, 0) is 17.7 Å². The van der Waals surface area contributed by atoms with E-state index in [0.717, 1.165) is 42.6 Å². The summed E-state index contributed by atoms with van der Waals surface area (Å²) in [6.07, 6.45) is 7.00. The average Bonchev–Trinajstić information content (AvgIpc) is 3.25. The van der Waals surface area contributed by atoms with Gasteiger partial charge in [0, 0.05) is 42.4 Å². The molecule has 1 aliphatic rings. The molecule has 1 unspecified atom stereocenters. The first-order valence-corrected chi connectivity index (χ1v) is 11.9. The minimum Gasteiger partial charge on any atom is -0.451 e. The summed E-state index contributed by atoms with van der Waals surface area (Å²) in [5.74, 6) is 0.543. The van der Waals surface area contributed by atoms with Crippen LogP contribution in [0.25, 0.3) is 11.0 Å². The predicted molar refractivity (Wildman–Crippen MR) is 132 cm³/mol. The molecule has 0 aliphatic carbocycles. The Balaban J connectivity index is 1.42. The molecule has 9 heteroatoms. The van der Waals surface area contributed by atoms with Crippen LogP contribution < -0.4 is 10.3 Å². The third-order valence-corrected chi connectivity index (χ3v) is 6.32. The number of rotatable bonds is 6. The number of hydrogen-bond donors (Lipinski definition) is 0. The first-order valence-electron chi connectivity index (χ1n) is 11.6. The van der Waals surface area contributed by atoms with Crippen molar-refractivity contribution in [2.45, 2.75) is 45.4 Å². The van der Waals surface area contributed by atoms with Crippen LogP contribution in [0.2, 0.25) is 5.02 Å². The zero-order valence-electron chi connectivity index (χ0n) is 19.3. The zero-order valence-corrected chi connectivity index (χ0v) is 20.0. The van der Waals surface area contributed by atoms with E-state index in [1.54, 1.807) is 35.2 Å². The number of halogens is 1. The summed E-state index contributed by atoms with van der Waals surface area (Å²) in [5.41, 5.74) is 2.45. The van der Waals surface area contributed by atoms with Gasteiger partial charge in [-0.3, -0.25) is 4.79 Å². The molecule has 35 heavy (non-hydrogen) atoms. The summed E-state index contributed by atoms with van der Waals surface area (Å²) in [7, 11) is 0. The Bertz CT molecular complexity index is 1480. The highest BCUT2D eigenvalue weighted by Gasteiger charge is 2.22. The van der Waals surface area contributed by atoms with Crippen LogP contribution in [0.15, 0.2) is 53.6 Å². The van der Waals surface area contributed by atoms with E-state index in [1.807, 2.05) is 35.9 Å². The molecule has 1 aliphatic heterocycles. The summed E-state index contributed by atoms with van der Waals surface area (Å²) in [4.78, 5) is 17.8. The van der Waals surface area contributed by atoms with Crippen LogP contribution in [0.3, 0.4) is 0 Å². The fourth-order valence-electron chi connectivity index (χ4n) is 4.31. The number of nitrogens with zero attached hydrogens (tertiary/aromatic N) is 5. The highest BCUT2D eigenvalue weighted by Crippen LogP contribution is 2.28. The highest BCUT2D eigenvalue weighted by atomic mass is 35.5. The molecule has 0 amide bonds. The van der Waals surface area contributed by atoms with E-state index in [9.17, 15) is 10.1 Å². The monoisotopic (exact) mass is 489 g/mol. The molecule has 1 aromatic carbocycles. The van der Waals surface area contributed by atoms with Crippen LogP contribution in [0.1, 0.15) is 42.3 Å². The third-order valence-electron chi connectivity index (χ3n) is 6.10. The van der Waals surface area contributed by atoms with E-state index < -0.39 is 0 Å². The fraction of sp³-hybridized carbons (Fsp3) is 0.308. The molecular weight excluding hydrogens is 466 g/mol. The van der Waals surface area contributed by atoms with Gasteiger partial charge in [-0.15, -0.1) is 0 Å². The van der Waals surface area contributed by atoms with Gasteiger partial charge in [0.05, 0.1) is 17.3 Å². The molecule has 4 heterocycles. The summed E-state index contributed by atoms with van der Waals surface area (Å²) in [6, 6.07) is 12.5. The molecule has 0 saturated carbocycles. The van der Waals surface area contributed by atoms with Crippen LogP contribution in [0.4, 0.5) is 0 Å². The Labute approximate surface area is 207 Å². The van der Waals surface area contributed by atoms with Crippen molar-refractivity contribution < 1.29 is 9.47 Å². The lowest BCUT2D eigenvalue weighted by molar-refractivity contribution is -0.0372. The second kappa shape index (κ2) is 9.90. The van der Waals surface area contributed by atoms with Gasteiger partial charge in [0.1, 0.15) is 5.75 Å². The standard InChI is InChI=1S/C26H24ClN5O3/c1-17-7-10-31(26(33)24(17)35-20-14-18(16-28)13-19(27)15-20)11-8-22-21-5-4-9-29-25(21)32(30-22)23-6-2-3-12-34-23/h4-5,7,9-10,13-15,23H,2-3,6,8,11-12H2,1H3. The van der Waals surface area contributed by atoms with Gasteiger partial charge in [-0.1, -0.05) is 11.6 Å². The first kappa shape index (κ1) is 23.1. The van der Waals surface area contributed by atoms with Gasteiger partial charge < -0.3 is 14.0 Å². The average molecular weight is 490 g/mol. The molecule has 0 spiro atoms. The Kier molecular flexibility index (Phi) is 6.53. The van der Waals surface area contributed by atoms with Gasteiger partial charge >= 0.3 is 0 Å². The number of ether oxygens (including phenoxy) is 2. The van der Waals surface area contributed by atoms with Gasteiger partial charge in [-0.25, -0.2) is 9.67 Å². The van der Waals surface area contributed by atoms with Gasteiger partial charge in [0.15, 0.2) is 17.6 Å². The Morgan fingerprint density at radius 1 is 1.29 bits per heavy atom. The maximum Gasteiger partial charge on any atom is 0.293 e. The second-order valence-electron chi connectivity index (χ2n) is 8.55. The molecule has 0 bridgehead atoms. The molecule has 1 fully saturated rings. The lowest BCUT2D eigenvalue weighted by atomic mass is 10.2. The number of nitriles is 1. The Morgan fingerprint density at radius 3 is 2.97 bits per heavy atom. The molecule has 4 aromatic rings. The van der Waals surface area contributed by atoms with Crippen LogP contribution in [-0.4, -0.2) is 25.9 Å². The smallest absolute Gasteiger partial charge is 0.293 e. The number of fused-ring (bicyclic) bond motifs is 1. The van der Waals surface area contributed by atoms with Crippen molar-refractivity contribution in [3.8, 4) is 17.6 Å². The number of aromatic nitrogens is 4. The lowest BCUT2D eigenvalue weighted by Gasteiger charge is -2.23. The van der Waals surface area contributed by atoms with Gasteiger partial charge in [0.25, 0.3) is 5.56 Å². The molecule has 8 nitrogen and oxygen atoms in total. The van der Waals surface area contributed by atoms with E-state index in [4.69, 9.17) is 26.2 Å². The van der Waals surface area contributed by atoms with Gasteiger partial charge in [-0.05, 0) is 68.1 Å². The maximum atomic E-state index is 13.3. The van der Waals surface area contributed by atoms with E-state index >= 15 is 0 Å². The van der Waals surface area contributed by atoms with E-state index in [0.29, 0.717) is 34.9 Å². The van der Waals surface area contributed by atoms with E-state index in [1.165, 1.54) is 0 Å². The van der Waals surface area contributed by atoms with E-state index in [2.05, 4.69) is 4.98 Å². The van der Waals surface area contributed by atoms with Crippen LogP contribution in [0, 0.1) is 18.3 Å². The van der Waals surface area contributed by atoms with Crippen molar-refractivity contribution in [3.63, 3.8) is 0 Å². The number of benzene rings is 1. The largest absolute Gasteiger partial charge is 0.451 e. The summed E-state index contributed by atoms with van der Waals surface area (Å²) >= 11 is 6.09. The first-order chi connectivity index (χ1) is 17.0. The van der Waals surface area contributed by atoms with Crippen molar-refractivity contribution in [3.05, 3.63) is 81.0 Å². The summed E-state index contributed by atoms with van der Waals surface area (Å²) in [6.45, 7) is 2.95. The second-order valence-corrected chi connectivity index (χ2v) is 8.99. The topological polar surface area (TPSA) is 95.0 Å². The highest BCUT2D eigenvalue weighted by molar-refractivity contribution is 6.30. The van der Waals surface area contributed by atoms with Crippen molar-refractivity contribution >= 4 is 22.6 Å². The Morgan fingerprint density at radius 2 is 2.17 bits per heavy atom. The van der Waals surface area contributed by atoms with Crippen LogP contribution >= 0.6 is 11.6 Å². The molecule has 5 rings (SSSR count). The van der Waals surface area contributed by atoms with Crippen LogP contribution in [0.5, 0.6) is 11.5 Å². The number of aryl methyl sites for hydroxylation is 3. The molecule has 178 valence electrons. The van der Waals surface area contributed by atoms with E-state index in [-0.39, 0.29) is 17.5 Å².